The first-order chi connectivity index (χ1) is 8.45. The Hall–Kier alpha value is -1.85. The number of nitrogens with zero attached hydrogens (tertiary/aromatic N) is 2. The van der Waals surface area contributed by atoms with Crippen LogP contribution in [0.2, 0.25) is 0 Å². The summed E-state index contributed by atoms with van der Waals surface area (Å²) < 4.78 is 27.5. The highest BCUT2D eigenvalue weighted by molar-refractivity contribution is 6.15. The molecule has 18 heavy (non-hydrogen) atoms. The zero-order chi connectivity index (χ0) is 13.8. The Kier molecular flexibility index (Phi) is 4.47. The van der Waals surface area contributed by atoms with Crippen molar-refractivity contribution in [3.05, 3.63) is 30.1 Å². The molecular formula is C12H14F2N2O2. The number of rotatable bonds is 5. The molecular weight excluding hydrogens is 242 g/mol. The molecule has 1 heterocycles. The van der Waals surface area contributed by atoms with Crippen LogP contribution < -0.4 is 0 Å². The maximum atomic E-state index is 13.8. The van der Waals surface area contributed by atoms with Gasteiger partial charge in [0.05, 0.1) is 0 Å². The fraction of sp³-hybridized carbons (Fsp3) is 0.417. The molecule has 0 saturated carbocycles. The summed E-state index contributed by atoms with van der Waals surface area (Å²) in [5.74, 6) is -7.04. The van der Waals surface area contributed by atoms with Gasteiger partial charge in [0.2, 0.25) is 5.78 Å². The third kappa shape index (κ3) is 2.69. The third-order valence-corrected chi connectivity index (χ3v) is 2.53. The number of ketones is 1. The minimum absolute atomic E-state index is 0.130. The van der Waals surface area contributed by atoms with Gasteiger partial charge in [-0.15, -0.1) is 0 Å². The third-order valence-electron chi connectivity index (χ3n) is 2.53. The summed E-state index contributed by atoms with van der Waals surface area (Å²) >= 11 is 0. The van der Waals surface area contributed by atoms with Crippen LogP contribution in [0.5, 0.6) is 0 Å². The maximum Gasteiger partial charge on any atom is 0.386 e. The Balaban J connectivity index is 2.99. The van der Waals surface area contributed by atoms with Crippen molar-refractivity contribution in [2.75, 3.05) is 13.1 Å². The predicted octanol–water partition coefficient (Wildman–Crippen LogP) is 1.77. The molecule has 4 nitrogen and oxygen atoms in total. The molecule has 0 N–H and O–H groups in total. The Morgan fingerprint density at radius 1 is 1.33 bits per heavy atom. The van der Waals surface area contributed by atoms with E-state index in [0.29, 0.717) is 0 Å². The van der Waals surface area contributed by atoms with Gasteiger partial charge in [-0.25, -0.2) is 0 Å². The lowest BCUT2D eigenvalue weighted by Crippen LogP contribution is -2.48. The number of alkyl halides is 2. The van der Waals surface area contributed by atoms with Gasteiger partial charge < -0.3 is 4.90 Å². The van der Waals surface area contributed by atoms with E-state index in [1.807, 2.05) is 0 Å². The molecule has 0 atom stereocenters. The number of carbonyl (C=O) groups excluding carboxylic acids is 2. The SMILES string of the molecule is CCN(CC)C(=O)C(F)(F)C(=O)c1cccnc1. The lowest BCUT2D eigenvalue weighted by Gasteiger charge is -2.23. The molecule has 0 radical (unpaired) electrons. The van der Waals surface area contributed by atoms with Crippen LogP contribution in [0, 0.1) is 0 Å². The highest BCUT2D eigenvalue weighted by atomic mass is 19.3. The molecule has 0 bridgehead atoms. The Labute approximate surface area is 104 Å². The molecule has 0 aromatic carbocycles. The molecule has 98 valence electrons. The number of carbonyl (C=O) groups is 2. The molecule has 0 spiro atoms. The maximum absolute atomic E-state index is 13.8. The van der Waals surface area contributed by atoms with Gasteiger partial charge in [-0.3, -0.25) is 14.6 Å². The zero-order valence-electron chi connectivity index (χ0n) is 10.2. The van der Waals surface area contributed by atoms with Crippen LogP contribution in [0.25, 0.3) is 0 Å². The zero-order valence-corrected chi connectivity index (χ0v) is 10.2. The molecule has 6 heteroatoms. The predicted molar refractivity (Wildman–Crippen MR) is 61.4 cm³/mol. The second-order valence-electron chi connectivity index (χ2n) is 3.62. The van der Waals surface area contributed by atoms with Crippen LogP contribution in [0.15, 0.2) is 24.5 Å². The largest absolute Gasteiger partial charge is 0.386 e. The van der Waals surface area contributed by atoms with E-state index in [9.17, 15) is 18.4 Å². The number of Topliss-reactive ketones (excluding diaryl/α,β-unsaturated/α-hetero) is 1. The molecule has 1 amide bonds. The van der Waals surface area contributed by atoms with Crippen molar-refractivity contribution < 1.29 is 18.4 Å². The molecule has 1 rings (SSSR count). The number of hydrogen-bond donors (Lipinski definition) is 0. The summed E-state index contributed by atoms with van der Waals surface area (Å²) in [6, 6.07) is 2.57. The topological polar surface area (TPSA) is 50.3 Å². The minimum Gasteiger partial charge on any atom is -0.338 e. The van der Waals surface area contributed by atoms with E-state index in [2.05, 4.69) is 4.98 Å². The normalized spacial score (nSPS) is 11.1. The fourth-order valence-corrected chi connectivity index (χ4v) is 1.48. The van der Waals surface area contributed by atoms with E-state index < -0.39 is 17.6 Å². The van der Waals surface area contributed by atoms with Crippen LogP contribution in [0.3, 0.4) is 0 Å². The van der Waals surface area contributed by atoms with Crippen LogP contribution >= 0.6 is 0 Å². The van der Waals surface area contributed by atoms with E-state index in [1.54, 1.807) is 13.8 Å². The smallest absolute Gasteiger partial charge is 0.338 e. The number of aromatic nitrogens is 1. The number of halogens is 2. The fourth-order valence-electron chi connectivity index (χ4n) is 1.48. The van der Waals surface area contributed by atoms with Crippen molar-refractivity contribution in [2.45, 2.75) is 19.8 Å². The van der Waals surface area contributed by atoms with E-state index >= 15 is 0 Å². The van der Waals surface area contributed by atoms with Crippen LogP contribution in [0.1, 0.15) is 24.2 Å². The van der Waals surface area contributed by atoms with Crippen molar-refractivity contribution in [1.29, 1.82) is 0 Å². The average molecular weight is 256 g/mol. The van der Waals surface area contributed by atoms with Crippen LogP contribution in [0.4, 0.5) is 8.78 Å². The molecule has 0 aliphatic rings. The van der Waals surface area contributed by atoms with Gasteiger partial charge in [-0.05, 0) is 26.0 Å². The quantitative estimate of drug-likeness (QED) is 0.596. The second-order valence-corrected chi connectivity index (χ2v) is 3.62. The number of pyridine rings is 1. The molecule has 0 aliphatic heterocycles. The van der Waals surface area contributed by atoms with Crippen molar-refractivity contribution >= 4 is 11.7 Å². The van der Waals surface area contributed by atoms with E-state index in [0.717, 1.165) is 11.1 Å². The molecule has 1 aromatic heterocycles. The Morgan fingerprint density at radius 3 is 2.39 bits per heavy atom. The van der Waals surface area contributed by atoms with Gasteiger partial charge in [0.15, 0.2) is 0 Å². The first kappa shape index (κ1) is 14.2. The summed E-state index contributed by atoms with van der Waals surface area (Å²) in [5, 5.41) is 0. The molecule has 1 aromatic rings. The summed E-state index contributed by atoms with van der Waals surface area (Å²) in [6.45, 7) is 3.41. The Bertz CT molecular complexity index is 431. The van der Waals surface area contributed by atoms with Gasteiger partial charge in [0.1, 0.15) is 0 Å². The van der Waals surface area contributed by atoms with E-state index in [1.165, 1.54) is 18.3 Å². The number of hydrogen-bond acceptors (Lipinski definition) is 3. The standard InChI is InChI=1S/C12H14F2N2O2/c1-3-16(4-2)11(18)12(13,14)10(17)9-6-5-7-15-8-9/h5-8H,3-4H2,1-2H3. The highest BCUT2D eigenvalue weighted by Gasteiger charge is 2.49. The summed E-state index contributed by atoms with van der Waals surface area (Å²) in [4.78, 5) is 27.7. The van der Waals surface area contributed by atoms with E-state index in [4.69, 9.17) is 0 Å². The molecule has 0 aliphatic carbocycles. The van der Waals surface area contributed by atoms with E-state index in [-0.39, 0.29) is 18.7 Å². The van der Waals surface area contributed by atoms with Gasteiger partial charge in [0.25, 0.3) is 0 Å². The van der Waals surface area contributed by atoms with Crippen molar-refractivity contribution in [3.63, 3.8) is 0 Å². The lowest BCUT2D eigenvalue weighted by molar-refractivity contribution is -0.150. The monoisotopic (exact) mass is 256 g/mol. The van der Waals surface area contributed by atoms with Gasteiger partial charge in [0, 0.05) is 31.0 Å². The second kappa shape index (κ2) is 5.66. The van der Waals surface area contributed by atoms with Crippen LogP contribution in [-0.2, 0) is 4.79 Å². The average Bonchev–Trinajstić information content (AvgIpc) is 2.40. The number of amides is 1. The van der Waals surface area contributed by atoms with Crippen molar-refractivity contribution in [2.24, 2.45) is 0 Å². The van der Waals surface area contributed by atoms with Gasteiger partial charge >= 0.3 is 11.8 Å². The summed E-state index contributed by atoms with van der Waals surface area (Å²) in [6.07, 6.45) is 2.38. The van der Waals surface area contributed by atoms with Crippen LogP contribution in [-0.4, -0.2) is 40.6 Å². The highest BCUT2D eigenvalue weighted by Crippen LogP contribution is 2.22. The first-order valence-electron chi connectivity index (χ1n) is 5.57. The van der Waals surface area contributed by atoms with Crippen molar-refractivity contribution in [1.82, 2.24) is 9.88 Å². The van der Waals surface area contributed by atoms with Crippen molar-refractivity contribution in [3.8, 4) is 0 Å². The lowest BCUT2D eigenvalue weighted by atomic mass is 10.1. The minimum atomic E-state index is -4.05. The summed E-state index contributed by atoms with van der Waals surface area (Å²) in [5.41, 5.74) is -0.275. The molecule has 0 unspecified atom stereocenters. The van der Waals surface area contributed by atoms with Gasteiger partial charge in [-0.2, -0.15) is 8.78 Å². The Morgan fingerprint density at radius 2 is 1.94 bits per heavy atom. The first-order valence-corrected chi connectivity index (χ1v) is 5.57. The van der Waals surface area contributed by atoms with Gasteiger partial charge in [-0.1, -0.05) is 0 Å². The summed E-state index contributed by atoms with van der Waals surface area (Å²) in [7, 11) is 0. The molecule has 0 saturated heterocycles. The molecule has 0 fully saturated rings.